The SMILES string of the molecule is Cc1cccc(N2CCN(C(=O)c3cc([N+](=O)[O-])c(Cl)s3)CC2)c1C. The second-order valence-corrected chi connectivity index (χ2v) is 7.68. The first-order valence-corrected chi connectivity index (χ1v) is 9.12. The van der Waals surface area contributed by atoms with Crippen molar-refractivity contribution >= 4 is 40.2 Å². The predicted octanol–water partition coefficient (Wildman–Crippen LogP) is 3.89. The zero-order valence-corrected chi connectivity index (χ0v) is 15.6. The second kappa shape index (κ2) is 7.01. The molecule has 1 aromatic carbocycles. The maximum atomic E-state index is 12.6. The molecule has 3 rings (SSSR count). The van der Waals surface area contributed by atoms with Crippen molar-refractivity contribution in [1.29, 1.82) is 0 Å². The number of nitro groups is 1. The van der Waals surface area contributed by atoms with Crippen LogP contribution < -0.4 is 4.90 Å². The summed E-state index contributed by atoms with van der Waals surface area (Å²) in [6, 6.07) is 7.50. The molecule has 0 unspecified atom stereocenters. The summed E-state index contributed by atoms with van der Waals surface area (Å²) in [6.07, 6.45) is 0. The van der Waals surface area contributed by atoms with Crippen LogP contribution in [0.2, 0.25) is 4.34 Å². The lowest BCUT2D eigenvalue weighted by atomic mass is 10.1. The average Bonchev–Trinajstić information content (AvgIpc) is 2.99. The molecule has 0 radical (unpaired) electrons. The van der Waals surface area contributed by atoms with Crippen molar-refractivity contribution in [3.8, 4) is 0 Å². The van der Waals surface area contributed by atoms with Gasteiger partial charge in [-0.15, -0.1) is 11.3 Å². The van der Waals surface area contributed by atoms with Crippen molar-refractivity contribution in [2.45, 2.75) is 13.8 Å². The van der Waals surface area contributed by atoms with Crippen molar-refractivity contribution < 1.29 is 9.72 Å². The van der Waals surface area contributed by atoms with Gasteiger partial charge in [0, 0.05) is 37.9 Å². The van der Waals surface area contributed by atoms with Crippen molar-refractivity contribution in [3.05, 3.63) is 54.7 Å². The number of benzene rings is 1. The lowest BCUT2D eigenvalue weighted by molar-refractivity contribution is -0.384. The van der Waals surface area contributed by atoms with Crippen LogP contribution in [0.15, 0.2) is 24.3 Å². The summed E-state index contributed by atoms with van der Waals surface area (Å²) in [7, 11) is 0. The molecule has 1 aliphatic heterocycles. The van der Waals surface area contributed by atoms with Crippen LogP contribution in [0.1, 0.15) is 20.8 Å². The number of rotatable bonds is 3. The van der Waals surface area contributed by atoms with Crippen LogP contribution in [0.25, 0.3) is 0 Å². The third-order valence-electron chi connectivity index (χ3n) is 4.56. The second-order valence-electron chi connectivity index (χ2n) is 6.02. The van der Waals surface area contributed by atoms with Gasteiger partial charge in [0.2, 0.25) is 0 Å². The molecule has 6 nitrogen and oxygen atoms in total. The molecule has 1 amide bonds. The van der Waals surface area contributed by atoms with Gasteiger partial charge in [0.15, 0.2) is 4.34 Å². The number of carbonyl (C=O) groups excluding carboxylic acids is 1. The Morgan fingerprint density at radius 3 is 2.52 bits per heavy atom. The zero-order valence-electron chi connectivity index (χ0n) is 14.0. The van der Waals surface area contributed by atoms with Crippen LogP contribution in [0, 0.1) is 24.0 Å². The predicted molar refractivity (Wildman–Crippen MR) is 100 cm³/mol. The Morgan fingerprint density at radius 2 is 1.92 bits per heavy atom. The van der Waals surface area contributed by atoms with Gasteiger partial charge in [0.05, 0.1) is 4.92 Å². The first-order chi connectivity index (χ1) is 11.9. The summed E-state index contributed by atoms with van der Waals surface area (Å²) in [6.45, 7) is 6.82. The van der Waals surface area contributed by atoms with Gasteiger partial charge in [0.25, 0.3) is 11.6 Å². The minimum absolute atomic E-state index is 0.0439. The molecule has 132 valence electrons. The molecule has 0 atom stereocenters. The monoisotopic (exact) mass is 379 g/mol. The summed E-state index contributed by atoms with van der Waals surface area (Å²) >= 11 is 6.82. The molecule has 25 heavy (non-hydrogen) atoms. The van der Waals surface area contributed by atoms with E-state index < -0.39 is 4.92 Å². The van der Waals surface area contributed by atoms with Gasteiger partial charge in [0.1, 0.15) is 4.88 Å². The maximum absolute atomic E-state index is 12.6. The van der Waals surface area contributed by atoms with Crippen molar-refractivity contribution in [2.24, 2.45) is 0 Å². The first-order valence-electron chi connectivity index (χ1n) is 7.92. The number of anilines is 1. The molecule has 0 bridgehead atoms. The van der Waals surface area contributed by atoms with Crippen LogP contribution in [-0.2, 0) is 0 Å². The van der Waals surface area contributed by atoms with E-state index in [1.165, 1.54) is 22.9 Å². The molecular weight excluding hydrogens is 362 g/mol. The first kappa shape index (κ1) is 17.7. The number of thiophene rings is 1. The Hall–Kier alpha value is -2.12. The van der Waals surface area contributed by atoms with Gasteiger partial charge in [-0.1, -0.05) is 23.7 Å². The van der Waals surface area contributed by atoms with E-state index in [2.05, 4.69) is 30.9 Å². The van der Waals surface area contributed by atoms with Gasteiger partial charge in [-0.2, -0.15) is 0 Å². The Labute approximate surface area is 154 Å². The number of halogens is 1. The van der Waals surface area contributed by atoms with Gasteiger partial charge in [-0.25, -0.2) is 0 Å². The molecule has 2 heterocycles. The minimum atomic E-state index is -0.561. The number of nitrogens with zero attached hydrogens (tertiary/aromatic N) is 3. The molecule has 0 saturated carbocycles. The highest BCUT2D eigenvalue weighted by atomic mass is 35.5. The number of carbonyl (C=O) groups is 1. The van der Waals surface area contributed by atoms with E-state index in [1.54, 1.807) is 4.90 Å². The molecule has 8 heteroatoms. The summed E-state index contributed by atoms with van der Waals surface area (Å²) in [4.78, 5) is 27.2. The summed E-state index contributed by atoms with van der Waals surface area (Å²) < 4.78 is 0.0439. The standard InChI is InChI=1S/C17H18ClN3O3S/c1-11-4-3-5-13(12(11)2)19-6-8-20(9-7-19)17(22)15-10-14(21(23)24)16(18)25-15/h3-5,10H,6-9H2,1-2H3. The molecule has 1 aromatic heterocycles. The third kappa shape index (κ3) is 3.48. The molecule has 0 aliphatic carbocycles. The van der Waals surface area contributed by atoms with Gasteiger partial charge < -0.3 is 9.80 Å². The fourth-order valence-corrected chi connectivity index (χ4v) is 4.16. The average molecular weight is 380 g/mol. The van der Waals surface area contributed by atoms with Crippen LogP contribution in [0.5, 0.6) is 0 Å². The summed E-state index contributed by atoms with van der Waals surface area (Å²) in [5.41, 5.74) is 3.49. The quantitative estimate of drug-likeness (QED) is 0.599. The third-order valence-corrected chi connectivity index (χ3v) is 5.89. The molecule has 2 aromatic rings. The minimum Gasteiger partial charge on any atom is -0.368 e. The highest BCUT2D eigenvalue weighted by Gasteiger charge is 2.27. The molecule has 1 saturated heterocycles. The van der Waals surface area contributed by atoms with E-state index in [1.807, 2.05) is 6.07 Å². The zero-order chi connectivity index (χ0) is 18.1. The number of hydrogen-bond acceptors (Lipinski definition) is 5. The summed E-state index contributed by atoms with van der Waals surface area (Å²) in [5.74, 6) is -0.194. The van der Waals surface area contributed by atoms with E-state index >= 15 is 0 Å². The number of amides is 1. The summed E-state index contributed by atoms with van der Waals surface area (Å²) in [5, 5.41) is 10.9. The Balaban J connectivity index is 1.70. The van der Waals surface area contributed by atoms with Crippen LogP contribution in [-0.4, -0.2) is 41.9 Å². The van der Waals surface area contributed by atoms with Gasteiger partial charge >= 0.3 is 0 Å². The van der Waals surface area contributed by atoms with E-state index in [0.29, 0.717) is 18.0 Å². The topological polar surface area (TPSA) is 66.7 Å². The van der Waals surface area contributed by atoms with Crippen LogP contribution in [0.4, 0.5) is 11.4 Å². The number of aryl methyl sites for hydroxylation is 1. The number of hydrogen-bond donors (Lipinski definition) is 0. The number of piperazine rings is 1. The van der Waals surface area contributed by atoms with E-state index in [4.69, 9.17) is 11.6 Å². The maximum Gasteiger partial charge on any atom is 0.299 e. The molecule has 1 fully saturated rings. The van der Waals surface area contributed by atoms with E-state index in [9.17, 15) is 14.9 Å². The molecule has 1 aliphatic rings. The van der Waals surface area contributed by atoms with Crippen LogP contribution >= 0.6 is 22.9 Å². The highest BCUT2D eigenvalue weighted by molar-refractivity contribution is 7.18. The molecule has 0 N–H and O–H groups in total. The largest absolute Gasteiger partial charge is 0.368 e. The Bertz CT molecular complexity index is 829. The Morgan fingerprint density at radius 1 is 1.24 bits per heavy atom. The van der Waals surface area contributed by atoms with E-state index in [-0.39, 0.29) is 15.9 Å². The normalized spacial score (nSPS) is 14.7. The highest BCUT2D eigenvalue weighted by Crippen LogP contribution is 2.34. The van der Waals surface area contributed by atoms with Crippen molar-refractivity contribution in [3.63, 3.8) is 0 Å². The van der Waals surface area contributed by atoms with Crippen molar-refractivity contribution in [2.75, 3.05) is 31.1 Å². The lowest BCUT2D eigenvalue weighted by Gasteiger charge is -2.36. The fourth-order valence-electron chi connectivity index (χ4n) is 2.97. The van der Waals surface area contributed by atoms with E-state index in [0.717, 1.165) is 24.4 Å². The lowest BCUT2D eigenvalue weighted by Crippen LogP contribution is -2.48. The Kier molecular flexibility index (Phi) is 4.96. The fraction of sp³-hybridized carbons (Fsp3) is 0.353. The smallest absolute Gasteiger partial charge is 0.299 e. The van der Waals surface area contributed by atoms with Crippen LogP contribution in [0.3, 0.4) is 0 Å². The van der Waals surface area contributed by atoms with Crippen molar-refractivity contribution in [1.82, 2.24) is 4.90 Å². The molecular formula is C17H18ClN3O3S. The van der Waals surface area contributed by atoms with Gasteiger partial charge in [-0.3, -0.25) is 14.9 Å². The van der Waals surface area contributed by atoms with Gasteiger partial charge in [-0.05, 0) is 31.0 Å². The molecule has 0 spiro atoms.